The third kappa shape index (κ3) is 4.61. The molecular weight excluding hydrogens is 352 g/mol. The molecule has 0 aliphatic carbocycles. The predicted molar refractivity (Wildman–Crippen MR) is 104 cm³/mol. The van der Waals surface area contributed by atoms with Gasteiger partial charge in [0.05, 0.1) is 18.1 Å². The highest BCUT2D eigenvalue weighted by atomic mass is 32.2. The maximum atomic E-state index is 12.4. The van der Waals surface area contributed by atoms with E-state index in [0.29, 0.717) is 5.13 Å². The molecule has 1 heterocycles. The molecule has 1 N–H and O–H groups in total. The molecule has 3 aromatic rings. The highest BCUT2D eigenvalue weighted by Gasteiger charge is 2.16. The van der Waals surface area contributed by atoms with Gasteiger partial charge >= 0.3 is 0 Å². The van der Waals surface area contributed by atoms with Crippen LogP contribution >= 0.6 is 23.1 Å². The Hall–Kier alpha value is -2.31. The molecule has 2 aromatic carbocycles. The molecule has 0 bridgehead atoms. The Morgan fingerprint density at radius 1 is 1.16 bits per heavy atom. The predicted octanol–water partition coefficient (Wildman–Crippen LogP) is 4.94. The van der Waals surface area contributed by atoms with E-state index in [1.807, 2.05) is 66.9 Å². The van der Waals surface area contributed by atoms with Crippen molar-refractivity contribution in [2.24, 2.45) is 0 Å². The maximum Gasteiger partial charge on any atom is 0.239 e. The normalized spacial score (nSPS) is 11.8. The van der Waals surface area contributed by atoms with Gasteiger partial charge in [-0.05, 0) is 31.2 Å². The minimum Gasteiger partial charge on any atom is -0.497 e. The standard InChI is InChI=1S/C19H18N2O2S2/c1-13(25-16-10-8-15(23-2)9-11-16)18(22)21-19-20-17(12-24-19)14-6-4-3-5-7-14/h3-13H,1-2H3,(H,20,21,22). The summed E-state index contributed by atoms with van der Waals surface area (Å²) >= 11 is 2.94. The largest absolute Gasteiger partial charge is 0.497 e. The van der Waals surface area contributed by atoms with E-state index in [1.54, 1.807) is 7.11 Å². The van der Waals surface area contributed by atoms with Crippen molar-refractivity contribution in [3.8, 4) is 17.0 Å². The van der Waals surface area contributed by atoms with Crippen molar-refractivity contribution in [1.29, 1.82) is 0 Å². The molecule has 0 fully saturated rings. The fourth-order valence-electron chi connectivity index (χ4n) is 2.19. The first-order chi connectivity index (χ1) is 12.2. The van der Waals surface area contributed by atoms with E-state index in [9.17, 15) is 4.79 Å². The van der Waals surface area contributed by atoms with Gasteiger partial charge in [0.25, 0.3) is 0 Å². The molecule has 4 nitrogen and oxygen atoms in total. The Morgan fingerprint density at radius 2 is 1.88 bits per heavy atom. The van der Waals surface area contributed by atoms with Crippen molar-refractivity contribution in [3.05, 3.63) is 60.0 Å². The number of methoxy groups -OCH3 is 1. The van der Waals surface area contributed by atoms with E-state index in [4.69, 9.17) is 4.74 Å². The van der Waals surface area contributed by atoms with Crippen LogP contribution in [0.25, 0.3) is 11.3 Å². The second-order valence-corrected chi connectivity index (χ2v) is 7.60. The number of thioether (sulfide) groups is 1. The minimum absolute atomic E-state index is 0.0604. The van der Waals surface area contributed by atoms with Gasteiger partial charge in [0, 0.05) is 15.8 Å². The molecule has 0 spiro atoms. The molecule has 0 saturated heterocycles. The number of hydrogen-bond acceptors (Lipinski definition) is 5. The number of carbonyl (C=O) groups excluding carboxylic acids is 1. The number of thiazole rings is 1. The van der Waals surface area contributed by atoms with Crippen LogP contribution in [-0.2, 0) is 4.79 Å². The third-order valence-corrected chi connectivity index (χ3v) is 5.42. The number of rotatable bonds is 6. The first-order valence-electron chi connectivity index (χ1n) is 7.78. The number of anilines is 1. The van der Waals surface area contributed by atoms with Crippen LogP contribution in [0.3, 0.4) is 0 Å². The fourth-order valence-corrected chi connectivity index (χ4v) is 3.78. The number of benzene rings is 2. The third-order valence-electron chi connectivity index (χ3n) is 3.55. The lowest BCUT2D eigenvalue weighted by molar-refractivity contribution is -0.115. The number of amides is 1. The van der Waals surface area contributed by atoms with Gasteiger partial charge in [0.1, 0.15) is 5.75 Å². The van der Waals surface area contributed by atoms with Crippen LogP contribution in [0, 0.1) is 0 Å². The summed E-state index contributed by atoms with van der Waals surface area (Å²) in [5.74, 6) is 0.743. The summed E-state index contributed by atoms with van der Waals surface area (Å²) in [4.78, 5) is 17.9. The van der Waals surface area contributed by atoms with Gasteiger partial charge in [-0.25, -0.2) is 4.98 Å². The highest BCUT2D eigenvalue weighted by molar-refractivity contribution is 8.00. The quantitative estimate of drug-likeness (QED) is 0.625. The molecular formula is C19H18N2O2S2. The van der Waals surface area contributed by atoms with Crippen molar-refractivity contribution in [2.75, 3.05) is 12.4 Å². The number of nitrogens with one attached hydrogen (secondary N) is 1. The zero-order valence-corrected chi connectivity index (χ0v) is 15.6. The van der Waals surface area contributed by atoms with Gasteiger partial charge in [-0.3, -0.25) is 4.79 Å². The van der Waals surface area contributed by atoms with Crippen LogP contribution in [0.2, 0.25) is 0 Å². The molecule has 0 saturated carbocycles. The smallest absolute Gasteiger partial charge is 0.239 e. The molecule has 0 aliphatic heterocycles. The Morgan fingerprint density at radius 3 is 2.56 bits per heavy atom. The fraction of sp³-hybridized carbons (Fsp3) is 0.158. The topological polar surface area (TPSA) is 51.2 Å². The Kier molecular flexibility index (Phi) is 5.73. The molecule has 6 heteroatoms. The summed E-state index contributed by atoms with van der Waals surface area (Å²) in [7, 11) is 1.63. The highest BCUT2D eigenvalue weighted by Crippen LogP contribution is 2.28. The van der Waals surface area contributed by atoms with E-state index >= 15 is 0 Å². The SMILES string of the molecule is COc1ccc(SC(C)C(=O)Nc2nc(-c3ccccc3)cs2)cc1. The summed E-state index contributed by atoms with van der Waals surface area (Å²) in [6.07, 6.45) is 0. The maximum absolute atomic E-state index is 12.4. The van der Waals surface area contributed by atoms with Gasteiger partial charge in [0.2, 0.25) is 5.91 Å². The molecule has 1 amide bonds. The number of hydrogen-bond donors (Lipinski definition) is 1. The molecule has 0 radical (unpaired) electrons. The Balaban J connectivity index is 1.60. The first-order valence-corrected chi connectivity index (χ1v) is 9.54. The van der Waals surface area contributed by atoms with Gasteiger partial charge in [-0.2, -0.15) is 0 Å². The summed E-state index contributed by atoms with van der Waals surface area (Å²) in [5, 5.41) is 5.24. The van der Waals surface area contributed by atoms with Crippen molar-refractivity contribution in [2.45, 2.75) is 17.1 Å². The number of nitrogens with zero attached hydrogens (tertiary/aromatic N) is 1. The number of ether oxygens (including phenoxy) is 1. The number of carbonyl (C=O) groups is 1. The first kappa shape index (κ1) is 17.5. The van der Waals surface area contributed by atoms with Crippen LogP contribution in [0.4, 0.5) is 5.13 Å². The average molecular weight is 370 g/mol. The van der Waals surface area contributed by atoms with E-state index in [2.05, 4.69) is 10.3 Å². The molecule has 1 unspecified atom stereocenters. The van der Waals surface area contributed by atoms with Crippen LogP contribution in [-0.4, -0.2) is 23.3 Å². The van der Waals surface area contributed by atoms with Crippen molar-refractivity contribution >= 4 is 34.1 Å². The van der Waals surface area contributed by atoms with Crippen LogP contribution in [0.15, 0.2) is 64.9 Å². The van der Waals surface area contributed by atoms with E-state index in [1.165, 1.54) is 23.1 Å². The molecule has 3 rings (SSSR count). The monoisotopic (exact) mass is 370 g/mol. The Labute approximate surface area is 155 Å². The summed E-state index contributed by atoms with van der Waals surface area (Å²) in [5.41, 5.74) is 1.91. The van der Waals surface area contributed by atoms with Gasteiger partial charge in [-0.1, -0.05) is 30.3 Å². The van der Waals surface area contributed by atoms with Gasteiger partial charge < -0.3 is 10.1 Å². The van der Waals surface area contributed by atoms with Crippen LogP contribution in [0.5, 0.6) is 5.75 Å². The van der Waals surface area contributed by atoms with Gasteiger partial charge in [0.15, 0.2) is 5.13 Å². The molecule has 128 valence electrons. The molecule has 1 aromatic heterocycles. The summed E-state index contributed by atoms with van der Waals surface area (Å²) < 4.78 is 5.14. The van der Waals surface area contributed by atoms with Gasteiger partial charge in [-0.15, -0.1) is 23.1 Å². The average Bonchev–Trinajstić information content (AvgIpc) is 3.11. The van der Waals surface area contributed by atoms with Crippen molar-refractivity contribution in [1.82, 2.24) is 4.98 Å². The van der Waals surface area contributed by atoms with Crippen molar-refractivity contribution in [3.63, 3.8) is 0 Å². The zero-order chi connectivity index (χ0) is 17.6. The lowest BCUT2D eigenvalue weighted by atomic mass is 10.2. The lowest BCUT2D eigenvalue weighted by Gasteiger charge is -2.10. The molecule has 1 atom stereocenters. The second kappa shape index (κ2) is 8.18. The Bertz CT molecular complexity index is 832. The van der Waals surface area contributed by atoms with E-state index < -0.39 is 0 Å². The van der Waals surface area contributed by atoms with E-state index in [0.717, 1.165) is 21.9 Å². The number of aromatic nitrogens is 1. The summed E-state index contributed by atoms with van der Waals surface area (Å²) in [6, 6.07) is 17.6. The van der Waals surface area contributed by atoms with E-state index in [-0.39, 0.29) is 11.2 Å². The molecule has 0 aliphatic rings. The zero-order valence-electron chi connectivity index (χ0n) is 13.9. The minimum atomic E-state index is -0.225. The van der Waals surface area contributed by atoms with Crippen LogP contribution < -0.4 is 10.1 Å². The van der Waals surface area contributed by atoms with Crippen LogP contribution in [0.1, 0.15) is 6.92 Å². The summed E-state index contributed by atoms with van der Waals surface area (Å²) in [6.45, 7) is 1.88. The lowest BCUT2D eigenvalue weighted by Crippen LogP contribution is -2.22. The van der Waals surface area contributed by atoms with Crippen molar-refractivity contribution < 1.29 is 9.53 Å². The molecule has 25 heavy (non-hydrogen) atoms. The second-order valence-electron chi connectivity index (χ2n) is 5.33.